The Morgan fingerprint density at radius 2 is 2.00 bits per heavy atom. The van der Waals surface area contributed by atoms with Crippen molar-refractivity contribution in [3.63, 3.8) is 0 Å². The number of pyridine rings is 1. The fourth-order valence-corrected chi connectivity index (χ4v) is 3.34. The van der Waals surface area contributed by atoms with Gasteiger partial charge in [-0.1, -0.05) is 17.7 Å². The van der Waals surface area contributed by atoms with Crippen molar-refractivity contribution in [2.75, 3.05) is 13.2 Å². The highest BCUT2D eigenvalue weighted by atomic mass is 35.5. The fourth-order valence-electron chi connectivity index (χ4n) is 3.17. The van der Waals surface area contributed by atoms with E-state index in [9.17, 15) is 8.78 Å². The van der Waals surface area contributed by atoms with Crippen LogP contribution in [0.2, 0.25) is 5.02 Å². The molecule has 4 rings (SSSR count). The Morgan fingerprint density at radius 3 is 2.79 bits per heavy atom. The number of hydrogen-bond acceptors (Lipinski definition) is 4. The molecule has 0 saturated heterocycles. The first-order chi connectivity index (χ1) is 11.5. The summed E-state index contributed by atoms with van der Waals surface area (Å²) in [5.41, 5.74) is 0.160. The summed E-state index contributed by atoms with van der Waals surface area (Å²) >= 11 is 5.98. The molecule has 2 aromatic rings. The van der Waals surface area contributed by atoms with E-state index in [0.717, 1.165) is 17.5 Å². The van der Waals surface area contributed by atoms with Crippen LogP contribution in [0.25, 0.3) is 11.1 Å². The third kappa shape index (κ3) is 2.24. The standard InChI is InChI=1S/C17H13ClF2N2O2/c18-13-5-12(7-21-8-13)11-1-2-15-14(6-11)16(3-4-24-15)17(19,20)9-23-10-22-16/h1-2,5-8,10H,3-4,9H2/t16-/m1/s1. The van der Waals surface area contributed by atoms with Crippen LogP contribution in [0.1, 0.15) is 12.0 Å². The molecule has 1 atom stereocenters. The molecule has 1 aromatic heterocycles. The van der Waals surface area contributed by atoms with Crippen LogP contribution < -0.4 is 4.74 Å². The van der Waals surface area contributed by atoms with Gasteiger partial charge in [0.2, 0.25) is 0 Å². The number of rotatable bonds is 1. The van der Waals surface area contributed by atoms with E-state index in [1.807, 2.05) is 0 Å². The second-order valence-corrected chi connectivity index (χ2v) is 6.25. The largest absolute Gasteiger partial charge is 0.493 e. The molecule has 1 aromatic carbocycles. The zero-order chi connectivity index (χ0) is 16.8. The van der Waals surface area contributed by atoms with Crippen LogP contribution in [0.15, 0.2) is 41.7 Å². The highest BCUT2D eigenvalue weighted by Gasteiger charge is 2.59. The van der Waals surface area contributed by atoms with E-state index < -0.39 is 18.1 Å². The quantitative estimate of drug-likeness (QED) is 0.778. The lowest BCUT2D eigenvalue weighted by atomic mass is 9.78. The number of alkyl halides is 2. The number of aromatic nitrogens is 1. The minimum Gasteiger partial charge on any atom is -0.493 e. The molecule has 2 aliphatic rings. The minimum atomic E-state index is -3.12. The lowest BCUT2D eigenvalue weighted by Gasteiger charge is -2.42. The predicted octanol–water partition coefficient (Wildman–Crippen LogP) is 4.07. The van der Waals surface area contributed by atoms with Crippen molar-refractivity contribution in [1.82, 2.24) is 4.98 Å². The summed E-state index contributed by atoms with van der Waals surface area (Å²) in [6, 6.07) is 6.90. The second kappa shape index (κ2) is 5.41. The number of hydrogen-bond donors (Lipinski definition) is 0. The molecule has 0 N–H and O–H groups in total. The zero-order valence-corrected chi connectivity index (χ0v) is 13.3. The van der Waals surface area contributed by atoms with E-state index in [2.05, 4.69) is 9.98 Å². The number of benzene rings is 1. The van der Waals surface area contributed by atoms with Gasteiger partial charge < -0.3 is 9.47 Å². The van der Waals surface area contributed by atoms with Gasteiger partial charge in [0.25, 0.3) is 0 Å². The van der Waals surface area contributed by atoms with Gasteiger partial charge in [-0.15, -0.1) is 0 Å². The maximum absolute atomic E-state index is 14.7. The molecule has 1 spiro atoms. The van der Waals surface area contributed by atoms with Crippen molar-refractivity contribution < 1.29 is 18.3 Å². The normalized spacial score (nSPS) is 24.1. The SMILES string of the molecule is FC1(F)COC=N[C@@]12CCOc1ccc(-c3cncc(Cl)c3)cc12. The summed E-state index contributed by atoms with van der Waals surface area (Å²) in [5.74, 6) is -2.70. The Bertz CT molecular complexity index is 828. The number of nitrogens with zero attached hydrogens (tertiary/aromatic N) is 2. The van der Waals surface area contributed by atoms with Crippen molar-refractivity contribution in [2.24, 2.45) is 4.99 Å². The van der Waals surface area contributed by atoms with Crippen molar-refractivity contribution in [3.05, 3.63) is 47.2 Å². The Hall–Kier alpha value is -2.21. The van der Waals surface area contributed by atoms with E-state index in [-0.39, 0.29) is 13.0 Å². The topological polar surface area (TPSA) is 43.7 Å². The maximum Gasteiger partial charge on any atom is 0.310 e. The molecule has 0 aliphatic carbocycles. The monoisotopic (exact) mass is 350 g/mol. The third-order valence-corrected chi connectivity index (χ3v) is 4.61. The van der Waals surface area contributed by atoms with Crippen LogP contribution in [-0.2, 0) is 10.3 Å². The Morgan fingerprint density at radius 1 is 1.12 bits per heavy atom. The van der Waals surface area contributed by atoms with E-state index in [1.54, 1.807) is 30.5 Å². The number of fused-ring (bicyclic) bond motifs is 2. The molecule has 4 nitrogen and oxygen atoms in total. The zero-order valence-electron chi connectivity index (χ0n) is 12.5. The van der Waals surface area contributed by atoms with Crippen LogP contribution in [0, 0.1) is 0 Å². The van der Waals surface area contributed by atoms with E-state index in [1.165, 1.54) is 6.20 Å². The molecule has 0 saturated carbocycles. The molecule has 2 aliphatic heterocycles. The molecule has 0 radical (unpaired) electrons. The summed E-state index contributed by atoms with van der Waals surface area (Å²) in [5, 5.41) is 0.477. The summed E-state index contributed by atoms with van der Waals surface area (Å²) < 4.78 is 39.7. The lowest BCUT2D eigenvalue weighted by molar-refractivity contribution is -0.129. The van der Waals surface area contributed by atoms with Crippen molar-refractivity contribution in [1.29, 1.82) is 0 Å². The molecule has 0 amide bonds. The van der Waals surface area contributed by atoms with Gasteiger partial charge in [0, 0.05) is 29.9 Å². The molecular formula is C17H13ClF2N2O2. The van der Waals surface area contributed by atoms with Gasteiger partial charge in [-0.25, -0.2) is 4.99 Å². The summed E-state index contributed by atoms with van der Waals surface area (Å²) in [6.45, 7) is -0.517. The smallest absolute Gasteiger partial charge is 0.310 e. The minimum absolute atomic E-state index is 0.0874. The first kappa shape index (κ1) is 15.3. The van der Waals surface area contributed by atoms with Gasteiger partial charge in [-0.3, -0.25) is 4.98 Å². The molecule has 0 bridgehead atoms. The molecule has 124 valence electrons. The first-order valence-electron chi connectivity index (χ1n) is 7.43. The molecule has 24 heavy (non-hydrogen) atoms. The highest BCUT2D eigenvalue weighted by molar-refractivity contribution is 6.30. The van der Waals surface area contributed by atoms with Crippen molar-refractivity contribution in [2.45, 2.75) is 17.9 Å². The first-order valence-corrected chi connectivity index (χ1v) is 7.81. The van der Waals surface area contributed by atoms with E-state index in [4.69, 9.17) is 21.1 Å². The maximum atomic E-state index is 14.7. The van der Waals surface area contributed by atoms with Crippen LogP contribution >= 0.6 is 11.6 Å². The van der Waals surface area contributed by atoms with E-state index >= 15 is 0 Å². The van der Waals surface area contributed by atoms with Crippen LogP contribution in [0.5, 0.6) is 5.75 Å². The summed E-state index contributed by atoms with van der Waals surface area (Å²) in [7, 11) is 0. The van der Waals surface area contributed by atoms with Gasteiger partial charge in [0.1, 0.15) is 5.75 Å². The molecule has 0 fully saturated rings. The van der Waals surface area contributed by atoms with Gasteiger partial charge in [-0.2, -0.15) is 8.78 Å². The van der Waals surface area contributed by atoms with Crippen molar-refractivity contribution in [3.8, 4) is 16.9 Å². The number of halogens is 3. The fraction of sp³-hybridized carbons (Fsp3) is 0.294. The Kier molecular flexibility index (Phi) is 3.46. The van der Waals surface area contributed by atoms with Gasteiger partial charge in [0.15, 0.2) is 18.5 Å². The Balaban J connectivity index is 1.90. The number of aliphatic imine (C=N–C) groups is 1. The third-order valence-electron chi connectivity index (χ3n) is 4.40. The van der Waals surface area contributed by atoms with Crippen LogP contribution in [0.3, 0.4) is 0 Å². The summed E-state index contributed by atoms with van der Waals surface area (Å²) in [6.07, 6.45) is 4.35. The molecular weight excluding hydrogens is 338 g/mol. The van der Waals surface area contributed by atoms with Gasteiger partial charge in [-0.05, 0) is 23.8 Å². The average molecular weight is 351 g/mol. The average Bonchev–Trinajstić information content (AvgIpc) is 2.57. The van der Waals surface area contributed by atoms with Gasteiger partial charge >= 0.3 is 5.92 Å². The van der Waals surface area contributed by atoms with E-state index in [0.29, 0.717) is 16.3 Å². The second-order valence-electron chi connectivity index (χ2n) is 5.81. The Labute approximate surface area is 142 Å². The molecule has 3 heterocycles. The predicted molar refractivity (Wildman–Crippen MR) is 85.9 cm³/mol. The van der Waals surface area contributed by atoms with Crippen LogP contribution in [0.4, 0.5) is 8.78 Å². The van der Waals surface area contributed by atoms with Crippen LogP contribution in [-0.4, -0.2) is 30.5 Å². The summed E-state index contributed by atoms with van der Waals surface area (Å²) in [4.78, 5) is 8.09. The van der Waals surface area contributed by atoms with Crippen molar-refractivity contribution >= 4 is 18.0 Å². The molecule has 7 heteroatoms. The lowest BCUT2D eigenvalue weighted by Crippen LogP contribution is -2.52. The van der Waals surface area contributed by atoms with Gasteiger partial charge in [0.05, 0.1) is 11.6 Å². The molecule has 0 unspecified atom stereocenters. The number of ether oxygens (including phenoxy) is 2. The highest BCUT2D eigenvalue weighted by Crippen LogP contribution is 2.51.